The summed E-state index contributed by atoms with van der Waals surface area (Å²) in [7, 11) is 0. The van der Waals surface area contributed by atoms with Crippen molar-refractivity contribution in [1.29, 1.82) is 0 Å². The van der Waals surface area contributed by atoms with Crippen molar-refractivity contribution in [3.05, 3.63) is 0 Å². The summed E-state index contributed by atoms with van der Waals surface area (Å²) in [5, 5.41) is 4.78. The smallest absolute Gasteiger partial charge is 0.0172 e. The predicted octanol–water partition coefficient (Wildman–Crippen LogP) is 4.47. The van der Waals surface area contributed by atoms with Gasteiger partial charge < -0.3 is 5.32 Å². The Labute approximate surface area is 118 Å². The summed E-state index contributed by atoms with van der Waals surface area (Å²) in [6.07, 6.45) is 11.6. The van der Waals surface area contributed by atoms with Crippen molar-refractivity contribution >= 4 is 11.8 Å². The van der Waals surface area contributed by atoms with E-state index in [-0.39, 0.29) is 0 Å². The molecule has 2 heteroatoms. The van der Waals surface area contributed by atoms with Gasteiger partial charge in [0.25, 0.3) is 0 Å². The number of nitrogens with one attached hydrogen (secondary N) is 1. The fraction of sp³-hybridized carbons (Fsp3) is 1.00. The van der Waals surface area contributed by atoms with E-state index in [4.69, 9.17) is 0 Å². The van der Waals surface area contributed by atoms with E-state index < -0.39 is 0 Å². The van der Waals surface area contributed by atoms with E-state index in [1.165, 1.54) is 63.7 Å². The number of hydrogen-bond donors (Lipinski definition) is 1. The highest BCUT2D eigenvalue weighted by atomic mass is 32.2. The van der Waals surface area contributed by atoms with Crippen LogP contribution in [0.1, 0.15) is 65.2 Å². The Morgan fingerprint density at radius 3 is 2.72 bits per heavy atom. The minimum absolute atomic E-state index is 0.824. The summed E-state index contributed by atoms with van der Waals surface area (Å²) in [6, 6.07) is 0.824. The Morgan fingerprint density at radius 1 is 1.11 bits per heavy atom. The van der Waals surface area contributed by atoms with Crippen molar-refractivity contribution in [2.24, 2.45) is 11.8 Å². The lowest BCUT2D eigenvalue weighted by Gasteiger charge is -2.32. The number of hydrogen-bond acceptors (Lipinski definition) is 2. The van der Waals surface area contributed by atoms with Gasteiger partial charge in [-0.2, -0.15) is 11.8 Å². The maximum atomic E-state index is 3.87. The fourth-order valence-electron chi connectivity index (χ4n) is 3.62. The molecule has 1 aliphatic carbocycles. The molecule has 1 saturated carbocycles. The van der Waals surface area contributed by atoms with E-state index in [0.29, 0.717) is 0 Å². The van der Waals surface area contributed by atoms with E-state index in [1.807, 2.05) is 0 Å². The zero-order chi connectivity index (χ0) is 12.8. The maximum absolute atomic E-state index is 3.87. The standard InChI is InChI=1S/C16H31NS/c1-13(2)10-14-6-5-7-15(11-14)17-12-16-8-3-4-9-18-16/h13-17H,3-12H2,1-2H3. The summed E-state index contributed by atoms with van der Waals surface area (Å²) in [4.78, 5) is 0. The molecule has 3 unspecified atom stereocenters. The van der Waals surface area contributed by atoms with Gasteiger partial charge in [0.2, 0.25) is 0 Å². The van der Waals surface area contributed by atoms with Gasteiger partial charge in [-0.05, 0) is 49.7 Å². The first-order chi connectivity index (χ1) is 8.74. The van der Waals surface area contributed by atoms with Crippen molar-refractivity contribution < 1.29 is 0 Å². The lowest BCUT2D eigenvalue weighted by Crippen LogP contribution is -2.38. The van der Waals surface area contributed by atoms with Crippen LogP contribution in [0.4, 0.5) is 0 Å². The zero-order valence-corrected chi connectivity index (χ0v) is 13.1. The summed E-state index contributed by atoms with van der Waals surface area (Å²) < 4.78 is 0. The molecule has 3 atom stereocenters. The average Bonchev–Trinajstić information content (AvgIpc) is 2.37. The van der Waals surface area contributed by atoms with Gasteiger partial charge in [-0.3, -0.25) is 0 Å². The van der Waals surface area contributed by atoms with E-state index in [1.54, 1.807) is 0 Å². The topological polar surface area (TPSA) is 12.0 Å². The van der Waals surface area contributed by atoms with Gasteiger partial charge in [0.05, 0.1) is 0 Å². The van der Waals surface area contributed by atoms with Crippen LogP contribution in [0.3, 0.4) is 0 Å². The summed E-state index contributed by atoms with van der Waals surface area (Å²) >= 11 is 2.20. The van der Waals surface area contributed by atoms with Crippen LogP contribution in [0.25, 0.3) is 0 Å². The second-order valence-electron chi connectivity index (χ2n) is 6.76. The molecule has 0 aromatic rings. The molecule has 1 heterocycles. The molecule has 0 aromatic carbocycles. The van der Waals surface area contributed by atoms with Crippen LogP contribution >= 0.6 is 11.8 Å². The minimum atomic E-state index is 0.824. The van der Waals surface area contributed by atoms with E-state index in [2.05, 4.69) is 30.9 Å². The molecule has 0 aromatic heterocycles. The summed E-state index contributed by atoms with van der Waals surface area (Å²) in [5.74, 6) is 3.27. The normalized spacial score (nSPS) is 33.8. The Kier molecular flexibility index (Phi) is 6.37. The summed E-state index contributed by atoms with van der Waals surface area (Å²) in [5.41, 5.74) is 0. The third kappa shape index (κ3) is 5.13. The quantitative estimate of drug-likeness (QED) is 0.790. The van der Waals surface area contributed by atoms with Gasteiger partial charge in [0.15, 0.2) is 0 Å². The second-order valence-corrected chi connectivity index (χ2v) is 8.16. The lowest BCUT2D eigenvalue weighted by atomic mass is 9.81. The number of thioether (sulfide) groups is 1. The third-order valence-corrected chi connectivity index (χ3v) is 5.89. The largest absolute Gasteiger partial charge is 0.313 e. The van der Waals surface area contributed by atoms with Crippen LogP contribution < -0.4 is 5.32 Å². The molecular weight excluding hydrogens is 238 g/mol. The Hall–Kier alpha value is 0.310. The first-order valence-corrected chi connectivity index (χ1v) is 9.14. The van der Waals surface area contributed by atoms with E-state index in [9.17, 15) is 0 Å². The minimum Gasteiger partial charge on any atom is -0.313 e. The van der Waals surface area contributed by atoms with Crippen molar-refractivity contribution in [3.63, 3.8) is 0 Å². The highest BCUT2D eigenvalue weighted by Gasteiger charge is 2.23. The molecule has 2 rings (SSSR count). The number of rotatable bonds is 5. The van der Waals surface area contributed by atoms with Crippen molar-refractivity contribution in [2.75, 3.05) is 12.3 Å². The third-order valence-electron chi connectivity index (χ3n) is 4.50. The van der Waals surface area contributed by atoms with Gasteiger partial charge in [-0.15, -0.1) is 0 Å². The molecule has 1 nitrogen and oxygen atoms in total. The molecule has 1 aliphatic heterocycles. The molecule has 0 amide bonds. The monoisotopic (exact) mass is 269 g/mol. The average molecular weight is 269 g/mol. The molecule has 0 radical (unpaired) electrons. The molecule has 1 saturated heterocycles. The fourth-order valence-corrected chi connectivity index (χ4v) is 4.88. The van der Waals surface area contributed by atoms with Crippen molar-refractivity contribution in [3.8, 4) is 0 Å². The van der Waals surface area contributed by atoms with Crippen LogP contribution in [0.15, 0.2) is 0 Å². The SMILES string of the molecule is CC(C)CC1CCCC(NCC2CCCCS2)C1. The second kappa shape index (κ2) is 7.79. The van der Waals surface area contributed by atoms with Gasteiger partial charge in [-0.1, -0.05) is 33.1 Å². The molecule has 2 fully saturated rings. The van der Waals surface area contributed by atoms with Crippen molar-refractivity contribution in [1.82, 2.24) is 5.32 Å². The molecule has 1 N–H and O–H groups in total. The van der Waals surface area contributed by atoms with Gasteiger partial charge in [0, 0.05) is 17.8 Å². The van der Waals surface area contributed by atoms with Gasteiger partial charge in [-0.25, -0.2) is 0 Å². The van der Waals surface area contributed by atoms with Gasteiger partial charge in [0.1, 0.15) is 0 Å². The van der Waals surface area contributed by atoms with Crippen LogP contribution in [-0.4, -0.2) is 23.6 Å². The zero-order valence-electron chi connectivity index (χ0n) is 12.3. The first kappa shape index (κ1) is 14.7. The van der Waals surface area contributed by atoms with Crippen LogP contribution in [0, 0.1) is 11.8 Å². The first-order valence-electron chi connectivity index (χ1n) is 8.09. The highest BCUT2D eigenvalue weighted by molar-refractivity contribution is 7.99. The van der Waals surface area contributed by atoms with E-state index in [0.717, 1.165) is 23.1 Å². The molecule has 18 heavy (non-hydrogen) atoms. The lowest BCUT2D eigenvalue weighted by molar-refractivity contribution is 0.253. The molecule has 2 aliphatic rings. The van der Waals surface area contributed by atoms with E-state index >= 15 is 0 Å². The predicted molar refractivity (Wildman–Crippen MR) is 83.3 cm³/mol. The Bertz CT molecular complexity index is 223. The Balaban J connectivity index is 1.65. The van der Waals surface area contributed by atoms with Gasteiger partial charge >= 0.3 is 0 Å². The summed E-state index contributed by atoms with van der Waals surface area (Å²) in [6.45, 7) is 6.01. The molecule has 106 valence electrons. The Morgan fingerprint density at radius 2 is 2.00 bits per heavy atom. The maximum Gasteiger partial charge on any atom is 0.0172 e. The van der Waals surface area contributed by atoms with Crippen LogP contribution in [0.5, 0.6) is 0 Å². The van der Waals surface area contributed by atoms with Crippen LogP contribution in [-0.2, 0) is 0 Å². The molecular formula is C16H31NS. The van der Waals surface area contributed by atoms with Crippen molar-refractivity contribution in [2.45, 2.75) is 76.5 Å². The molecule has 0 bridgehead atoms. The van der Waals surface area contributed by atoms with Crippen LogP contribution in [0.2, 0.25) is 0 Å². The highest BCUT2D eigenvalue weighted by Crippen LogP contribution is 2.30. The molecule has 0 spiro atoms.